The number of morpholine rings is 1. The third kappa shape index (κ3) is 1.19. The Bertz CT molecular complexity index is 159. The molecule has 62 valence electrons. The number of aldehydes is 1. The highest BCUT2D eigenvalue weighted by Gasteiger charge is 2.39. The summed E-state index contributed by atoms with van der Waals surface area (Å²) >= 11 is 0. The first-order valence-electron chi connectivity index (χ1n) is 4.16. The average Bonchev–Trinajstić information content (AvgIpc) is 2.05. The van der Waals surface area contributed by atoms with Crippen molar-refractivity contribution in [3.63, 3.8) is 0 Å². The molecule has 0 aromatic heterocycles. The molecule has 1 N–H and O–H groups in total. The SMILES string of the molecule is O=CC12CCCC(COC1)N2. The van der Waals surface area contributed by atoms with Gasteiger partial charge in [0.05, 0.1) is 18.8 Å². The molecule has 2 rings (SSSR count). The Hall–Kier alpha value is -0.410. The lowest BCUT2D eigenvalue weighted by Crippen LogP contribution is -2.62. The summed E-state index contributed by atoms with van der Waals surface area (Å²) in [5, 5.41) is 3.32. The number of hydrogen-bond donors (Lipinski definition) is 1. The molecule has 2 aliphatic heterocycles. The third-order valence-electron chi connectivity index (χ3n) is 2.57. The fourth-order valence-electron chi connectivity index (χ4n) is 1.96. The van der Waals surface area contributed by atoms with E-state index in [1.165, 1.54) is 0 Å². The summed E-state index contributed by atoms with van der Waals surface area (Å²) in [4.78, 5) is 10.7. The van der Waals surface area contributed by atoms with E-state index in [1.807, 2.05) is 0 Å². The molecule has 2 heterocycles. The fraction of sp³-hybridized carbons (Fsp3) is 0.875. The standard InChI is InChI=1S/C8H13NO2/c10-5-8-3-1-2-7(9-8)4-11-6-8/h5,7,9H,1-4,6H2. The van der Waals surface area contributed by atoms with Crippen LogP contribution in [0.25, 0.3) is 0 Å². The Kier molecular flexibility index (Phi) is 1.69. The minimum atomic E-state index is -0.332. The zero-order valence-corrected chi connectivity index (χ0v) is 6.51. The van der Waals surface area contributed by atoms with E-state index in [4.69, 9.17) is 4.74 Å². The van der Waals surface area contributed by atoms with E-state index in [-0.39, 0.29) is 5.54 Å². The quantitative estimate of drug-likeness (QED) is 0.546. The minimum Gasteiger partial charge on any atom is -0.377 e. The number of fused-ring (bicyclic) bond motifs is 2. The minimum absolute atomic E-state index is 0.332. The molecule has 3 nitrogen and oxygen atoms in total. The molecule has 2 saturated heterocycles. The van der Waals surface area contributed by atoms with E-state index in [1.54, 1.807) is 0 Å². The molecule has 3 heteroatoms. The van der Waals surface area contributed by atoms with Crippen molar-refractivity contribution in [1.29, 1.82) is 0 Å². The second kappa shape index (κ2) is 2.57. The van der Waals surface area contributed by atoms with Gasteiger partial charge in [-0.2, -0.15) is 0 Å². The number of ether oxygens (including phenoxy) is 1. The molecule has 0 radical (unpaired) electrons. The summed E-state index contributed by atoms with van der Waals surface area (Å²) < 4.78 is 5.34. The van der Waals surface area contributed by atoms with Crippen molar-refractivity contribution in [2.45, 2.75) is 30.8 Å². The van der Waals surface area contributed by atoms with Gasteiger partial charge in [0.25, 0.3) is 0 Å². The summed E-state index contributed by atoms with van der Waals surface area (Å²) in [7, 11) is 0. The number of piperidine rings is 1. The first-order valence-corrected chi connectivity index (χ1v) is 4.16. The van der Waals surface area contributed by atoms with Crippen molar-refractivity contribution in [3.8, 4) is 0 Å². The average molecular weight is 155 g/mol. The van der Waals surface area contributed by atoms with Crippen molar-refractivity contribution in [2.75, 3.05) is 13.2 Å². The molecule has 2 aliphatic rings. The van der Waals surface area contributed by atoms with Gasteiger partial charge in [-0.15, -0.1) is 0 Å². The van der Waals surface area contributed by atoms with Crippen molar-refractivity contribution >= 4 is 6.29 Å². The lowest BCUT2D eigenvalue weighted by molar-refractivity contribution is -0.122. The molecule has 0 aliphatic carbocycles. The lowest BCUT2D eigenvalue weighted by Gasteiger charge is -2.42. The normalized spacial score (nSPS) is 43.5. The fourth-order valence-corrected chi connectivity index (χ4v) is 1.96. The Balaban J connectivity index is 2.13. The van der Waals surface area contributed by atoms with Crippen LogP contribution in [0.3, 0.4) is 0 Å². The summed E-state index contributed by atoms with van der Waals surface area (Å²) in [6.45, 7) is 1.34. The van der Waals surface area contributed by atoms with Crippen LogP contribution < -0.4 is 5.32 Å². The summed E-state index contributed by atoms with van der Waals surface area (Å²) in [5.41, 5.74) is -0.332. The number of rotatable bonds is 1. The van der Waals surface area contributed by atoms with E-state index in [0.717, 1.165) is 32.2 Å². The highest BCUT2D eigenvalue weighted by molar-refractivity contribution is 5.65. The molecule has 0 aromatic rings. The maximum absolute atomic E-state index is 10.7. The van der Waals surface area contributed by atoms with Gasteiger partial charge in [0.2, 0.25) is 0 Å². The van der Waals surface area contributed by atoms with Crippen LogP contribution >= 0.6 is 0 Å². The van der Waals surface area contributed by atoms with Crippen LogP contribution in [0.5, 0.6) is 0 Å². The van der Waals surface area contributed by atoms with E-state index < -0.39 is 0 Å². The molecule has 0 aromatic carbocycles. The molecular formula is C8H13NO2. The van der Waals surface area contributed by atoms with Gasteiger partial charge in [0, 0.05) is 6.04 Å². The van der Waals surface area contributed by atoms with Crippen molar-refractivity contribution in [3.05, 3.63) is 0 Å². The maximum atomic E-state index is 10.7. The van der Waals surface area contributed by atoms with E-state index >= 15 is 0 Å². The number of carbonyl (C=O) groups excluding carboxylic acids is 1. The monoisotopic (exact) mass is 155 g/mol. The maximum Gasteiger partial charge on any atom is 0.142 e. The molecule has 2 fully saturated rings. The topological polar surface area (TPSA) is 38.3 Å². The highest BCUT2D eigenvalue weighted by Crippen LogP contribution is 2.24. The molecule has 2 unspecified atom stereocenters. The summed E-state index contributed by atoms with van der Waals surface area (Å²) in [5.74, 6) is 0. The van der Waals surface area contributed by atoms with Gasteiger partial charge in [-0.3, -0.25) is 5.32 Å². The van der Waals surface area contributed by atoms with Crippen molar-refractivity contribution < 1.29 is 9.53 Å². The highest BCUT2D eigenvalue weighted by atomic mass is 16.5. The molecular weight excluding hydrogens is 142 g/mol. The molecule has 0 spiro atoms. The van der Waals surface area contributed by atoms with Crippen LogP contribution in [0.1, 0.15) is 19.3 Å². The predicted molar refractivity (Wildman–Crippen MR) is 40.4 cm³/mol. The second-order valence-electron chi connectivity index (χ2n) is 3.52. The van der Waals surface area contributed by atoms with E-state index in [0.29, 0.717) is 12.6 Å². The molecule has 0 amide bonds. The Morgan fingerprint density at radius 3 is 3.27 bits per heavy atom. The molecule has 0 saturated carbocycles. The number of hydrogen-bond acceptors (Lipinski definition) is 3. The smallest absolute Gasteiger partial charge is 0.142 e. The van der Waals surface area contributed by atoms with Crippen molar-refractivity contribution in [1.82, 2.24) is 5.32 Å². The molecule has 11 heavy (non-hydrogen) atoms. The Morgan fingerprint density at radius 1 is 1.64 bits per heavy atom. The Morgan fingerprint density at radius 2 is 2.55 bits per heavy atom. The largest absolute Gasteiger partial charge is 0.377 e. The zero-order valence-electron chi connectivity index (χ0n) is 6.51. The van der Waals surface area contributed by atoms with E-state index in [2.05, 4.69) is 5.32 Å². The van der Waals surface area contributed by atoms with Gasteiger partial charge in [0.1, 0.15) is 6.29 Å². The van der Waals surface area contributed by atoms with Gasteiger partial charge in [0.15, 0.2) is 0 Å². The lowest BCUT2D eigenvalue weighted by atomic mass is 9.86. The van der Waals surface area contributed by atoms with Gasteiger partial charge >= 0.3 is 0 Å². The van der Waals surface area contributed by atoms with Gasteiger partial charge < -0.3 is 9.53 Å². The first kappa shape index (κ1) is 7.25. The Labute approximate surface area is 66.1 Å². The predicted octanol–water partition coefficient (Wildman–Crippen LogP) is 0.0964. The second-order valence-corrected chi connectivity index (χ2v) is 3.52. The zero-order chi connectivity index (χ0) is 7.73. The van der Waals surface area contributed by atoms with Crippen LogP contribution in [0.2, 0.25) is 0 Å². The first-order chi connectivity index (χ1) is 5.35. The van der Waals surface area contributed by atoms with Crippen LogP contribution in [0, 0.1) is 0 Å². The van der Waals surface area contributed by atoms with Crippen LogP contribution in [0.15, 0.2) is 0 Å². The number of carbonyl (C=O) groups is 1. The van der Waals surface area contributed by atoms with E-state index in [9.17, 15) is 4.79 Å². The molecule has 2 bridgehead atoms. The van der Waals surface area contributed by atoms with Gasteiger partial charge in [-0.25, -0.2) is 0 Å². The van der Waals surface area contributed by atoms with Crippen LogP contribution in [-0.2, 0) is 9.53 Å². The van der Waals surface area contributed by atoms with Gasteiger partial charge in [-0.05, 0) is 19.3 Å². The molecule has 2 atom stereocenters. The third-order valence-corrected chi connectivity index (χ3v) is 2.57. The van der Waals surface area contributed by atoms with Gasteiger partial charge in [-0.1, -0.05) is 0 Å². The number of nitrogens with one attached hydrogen (secondary N) is 1. The van der Waals surface area contributed by atoms with Crippen LogP contribution in [-0.4, -0.2) is 31.1 Å². The van der Waals surface area contributed by atoms with Crippen LogP contribution in [0.4, 0.5) is 0 Å². The van der Waals surface area contributed by atoms with Crippen molar-refractivity contribution in [2.24, 2.45) is 0 Å². The summed E-state index contributed by atoms with van der Waals surface area (Å²) in [6, 6.07) is 0.419. The summed E-state index contributed by atoms with van der Waals surface area (Å²) in [6.07, 6.45) is 4.25.